The smallest absolute Gasteiger partial charge is 0.188 e. The predicted octanol–water partition coefficient (Wildman–Crippen LogP) is 2.94. The molecule has 2 aromatic rings. The molecule has 1 heterocycles. The van der Waals surface area contributed by atoms with Crippen molar-refractivity contribution in [3.8, 4) is 5.69 Å². The van der Waals surface area contributed by atoms with Crippen molar-refractivity contribution < 1.29 is 0 Å². The van der Waals surface area contributed by atoms with Gasteiger partial charge in [0.2, 0.25) is 0 Å². The third kappa shape index (κ3) is 6.05. The minimum absolute atomic E-state index is 0. The first-order valence-corrected chi connectivity index (χ1v) is 7.28. The standard InChI is InChI=1S/C16H23N5.HI/c1-13(2)8-10-18-16(17)19-12-14-4-6-15(7-5-14)21-11-3-9-20-21;/h3-7,9,11,13H,8,10,12H2,1-2H3,(H3,17,18,19);1H. The van der Waals surface area contributed by atoms with Crippen LogP contribution in [0.15, 0.2) is 47.7 Å². The summed E-state index contributed by atoms with van der Waals surface area (Å²) in [4.78, 5) is 4.34. The Morgan fingerprint density at radius 2 is 2.05 bits per heavy atom. The largest absolute Gasteiger partial charge is 0.370 e. The zero-order valence-corrected chi connectivity index (χ0v) is 15.4. The minimum atomic E-state index is 0. The number of hydrogen-bond donors (Lipinski definition) is 2. The van der Waals surface area contributed by atoms with Crippen LogP contribution in [-0.2, 0) is 6.54 Å². The number of nitrogens with two attached hydrogens (primary N) is 1. The van der Waals surface area contributed by atoms with Gasteiger partial charge in [-0.1, -0.05) is 26.0 Å². The zero-order chi connectivity index (χ0) is 15.1. The second kappa shape index (κ2) is 9.45. The summed E-state index contributed by atoms with van der Waals surface area (Å²) >= 11 is 0. The van der Waals surface area contributed by atoms with Gasteiger partial charge in [-0.2, -0.15) is 5.10 Å². The second-order valence-corrected chi connectivity index (χ2v) is 5.43. The molecule has 0 unspecified atom stereocenters. The fourth-order valence-corrected chi connectivity index (χ4v) is 1.90. The van der Waals surface area contributed by atoms with Crippen molar-refractivity contribution >= 4 is 29.9 Å². The molecule has 0 atom stereocenters. The molecular formula is C16H24IN5. The van der Waals surface area contributed by atoms with Gasteiger partial charge in [0.05, 0.1) is 12.2 Å². The molecule has 120 valence electrons. The summed E-state index contributed by atoms with van der Waals surface area (Å²) in [5, 5.41) is 7.33. The topological polar surface area (TPSA) is 68.2 Å². The summed E-state index contributed by atoms with van der Waals surface area (Å²) in [6.45, 7) is 5.83. The van der Waals surface area contributed by atoms with Crippen LogP contribution in [0.3, 0.4) is 0 Å². The van der Waals surface area contributed by atoms with E-state index in [-0.39, 0.29) is 24.0 Å². The normalized spacial score (nSPS) is 11.3. The van der Waals surface area contributed by atoms with Crippen LogP contribution in [0.25, 0.3) is 5.69 Å². The van der Waals surface area contributed by atoms with Gasteiger partial charge in [0.15, 0.2) is 5.96 Å². The molecular weight excluding hydrogens is 389 g/mol. The van der Waals surface area contributed by atoms with Gasteiger partial charge in [-0.15, -0.1) is 24.0 Å². The van der Waals surface area contributed by atoms with Crippen LogP contribution < -0.4 is 11.1 Å². The molecule has 0 aliphatic carbocycles. The molecule has 0 radical (unpaired) electrons. The van der Waals surface area contributed by atoms with Gasteiger partial charge in [0, 0.05) is 18.9 Å². The van der Waals surface area contributed by atoms with Crippen LogP contribution in [0.5, 0.6) is 0 Å². The van der Waals surface area contributed by atoms with Gasteiger partial charge in [-0.3, -0.25) is 0 Å². The Kier molecular flexibility index (Phi) is 7.94. The van der Waals surface area contributed by atoms with E-state index < -0.39 is 0 Å². The lowest BCUT2D eigenvalue weighted by atomic mass is 10.1. The predicted molar refractivity (Wildman–Crippen MR) is 102 cm³/mol. The lowest BCUT2D eigenvalue weighted by Gasteiger charge is -2.07. The number of nitrogens with zero attached hydrogens (tertiary/aromatic N) is 3. The maximum Gasteiger partial charge on any atom is 0.188 e. The van der Waals surface area contributed by atoms with Crippen LogP contribution in [0, 0.1) is 5.92 Å². The highest BCUT2D eigenvalue weighted by molar-refractivity contribution is 14.0. The number of halogens is 1. The van der Waals surface area contributed by atoms with E-state index in [1.165, 1.54) is 0 Å². The van der Waals surface area contributed by atoms with E-state index in [4.69, 9.17) is 5.73 Å². The van der Waals surface area contributed by atoms with Crippen molar-refractivity contribution in [2.45, 2.75) is 26.8 Å². The summed E-state index contributed by atoms with van der Waals surface area (Å²) in [6.07, 6.45) is 4.78. The fourth-order valence-electron chi connectivity index (χ4n) is 1.90. The van der Waals surface area contributed by atoms with Crippen molar-refractivity contribution in [1.29, 1.82) is 0 Å². The Morgan fingerprint density at radius 1 is 1.32 bits per heavy atom. The molecule has 6 heteroatoms. The molecule has 1 aromatic heterocycles. The molecule has 0 fully saturated rings. The molecule has 0 saturated heterocycles. The highest BCUT2D eigenvalue weighted by Crippen LogP contribution is 2.09. The fraction of sp³-hybridized carbons (Fsp3) is 0.375. The summed E-state index contributed by atoms with van der Waals surface area (Å²) in [7, 11) is 0. The van der Waals surface area contributed by atoms with Gasteiger partial charge in [0.1, 0.15) is 0 Å². The van der Waals surface area contributed by atoms with Gasteiger partial charge in [-0.25, -0.2) is 9.67 Å². The molecule has 0 amide bonds. The van der Waals surface area contributed by atoms with E-state index in [0.29, 0.717) is 18.4 Å². The van der Waals surface area contributed by atoms with E-state index in [2.05, 4.69) is 29.3 Å². The first-order chi connectivity index (χ1) is 10.1. The highest BCUT2D eigenvalue weighted by Gasteiger charge is 1.98. The SMILES string of the molecule is CC(C)CCNC(N)=NCc1ccc(-n2cccn2)cc1.I. The summed E-state index contributed by atoms with van der Waals surface area (Å²) in [5.74, 6) is 1.17. The van der Waals surface area contributed by atoms with E-state index in [1.807, 2.05) is 41.2 Å². The minimum Gasteiger partial charge on any atom is -0.370 e. The second-order valence-electron chi connectivity index (χ2n) is 5.43. The Bertz CT molecular complexity index is 561. The summed E-state index contributed by atoms with van der Waals surface area (Å²) < 4.78 is 1.83. The molecule has 1 aromatic carbocycles. The average Bonchev–Trinajstić information content (AvgIpc) is 2.99. The van der Waals surface area contributed by atoms with Gasteiger partial charge in [0.25, 0.3) is 0 Å². The van der Waals surface area contributed by atoms with Crippen LogP contribution >= 0.6 is 24.0 Å². The van der Waals surface area contributed by atoms with Gasteiger partial charge in [-0.05, 0) is 36.1 Å². The highest BCUT2D eigenvalue weighted by atomic mass is 127. The number of guanidine groups is 1. The van der Waals surface area contributed by atoms with E-state index in [1.54, 1.807) is 6.20 Å². The lowest BCUT2D eigenvalue weighted by molar-refractivity contribution is 0.576. The van der Waals surface area contributed by atoms with E-state index in [9.17, 15) is 0 Å². The van der Waals surface area contributed by atoms with Gasteiger partial charge >= 0.3 is 0 Å². The lowest BCUT2D eigenvalue weighted by Crippen LogP contribution is -2.32. The van der Waals surface area contributed by atoms with Crippen molar-refractivity contribution in [3.63, 3.8) is 0 Å². The molecule has 0 spiro atoms. The molecule has 0 aliphatic heterocycles. The maximum absolute atomic E-state index is 5.84. The Balaban J connectivity index is 0.00000242. The van der Waals surface area contributed by atoms with Crippen molar-refractivity contribution in [2.24, 2.45) is 16.6 Å². The molecule has 3 N–H and O–H groups in total. The molecule has 0 bridgehead atoms. The van der Waals surface area contributed by atoms with Crippen molar-refractivity contribution in [3.05, 3.63) is 48.3 Å². The number of aliphatic imine (C=N–C) groups is 1. The summed E-state index contributed by atoms with van der Waals surface area (Å²) in [5.41, 5.74) is 8.00. The third-order valence-electron chi connectivity index (χ3n) is 3.17. The first-order valence-electron chi connectivity index (χ1n) is 7.28. The zero-order valence-electron chi connectivity index (χ0n) is 13.1. The number of hydrogen-bond acceptors (Lipinski definition) is 2. The monoisotopic (exact) mass is 413 g/mol. The number of aromatic nitrogens is 2. The number of benzene rings is 1. The Labute approximate surface area is 149 Å². The van der Waals surface area contributed by atoms with Crippen LogP contribution in [0.2, 0.25) is 0 Å². The van der Waals surface area contributed by atoms with Crippen LogP contribution in [0.4, 0.5) is 0 Å². The number of rotatable bonds is 6. The molecule has 2 rings (SSSR count). The third-order valence-corrected chi connectivity index (χ3v) is 3.17. The Morgan fingerprint density at radius 3 is 2.64 bits per heavy atom. The van der Waals surface area contributed by atoms with Gasteiger partial charge < -0.3 is 11.1 Å². The quantitative estimate of drug-likeness (QED) is 0.435. The number of nitrogens with one attached hydrogen (secondary N) is 1. The van der Waals surface area contributed by atoms with E-state index in [0.717, 1.165) is 24.2 Å². The van der Waals surface area contributed by atoms with Crippen LogP contribution in [0.1, 0.15) is 25.8 Å². The molecule has 0 aliphatic rings. The first kappa shape index (κ1) is 18.5. The molecule has 0 saturated carbocycles. The van der Waals surface area contributed by atoms with Crippen LogP contribution in [-0.4, -0.2) is 22.3 Å². The maximum atomic E-state index is 5.84. The molecule has 5 nitrogen and oxygen atoms in total. The van der Waals surface area contributed by atoms with E-state index >= 15 is 0 Å². The van der Waals surface area contributed by atoms with Crippen molar-refractivity contribution in [2.75, 3.05) is 6.54 Å². The average molecular weight is 413 g/mol. The molecule has 22 heavy (non-hydrogen) atoms. The summed E-state index contributed by atoms with van der Waals surface area (Å²) in [6, 6.07) is 10.0. The van der Waals surface area contributed by atoms with Crippen molar-refractivity contribution in [1.82, 2.24) is 15.1 Å². The Hall–Kier alpha value is -1.57.